The van der Waals surface area contributed by atoms with Crippen molar-refractivity contribution >= 4 is 5.91 Å². The van der Waals surface area contributed by atoms with Gasteiger partial charge in [-0.15, -0.1) is 0 Å². The van der Waals surface area contributed by atoms with Crippen LogP contribution in [0.15, 0.2) is 0 Å². The SMILES string of the molecule is COC(C)(NC(C)C#N)C(N)=O. The van der Waals surface area contributed by atoms with Crippen molar-refractivity contribution in [3.63, 3.8) is 0 Å². The number of amides is 1. The standard InChI is InChI=1S/C7H13N3O2/c1-5(4-8)10-7(2,12-3)6(9)11/h5,10H,1-3H3,(H2,9,11). The van der Waals surface area contributed by atoms with Crippen LogP contribution in [-0.2, 0) is 9.53 Å². The minimum Gasteiger partial charge on any atom is -0.366 e. The summed E-state index contributed by atoms with van der Waals surface area (Å²) in [6.45, 7) is 3.09. The van der Waals surface area contributed by atoms with E-state index < -0.39 is 17.7 Å². The van der Waals surface area contributed by atoms with Gasteiger partial charge < -0.3 is 10.5 Å². The average Bonchev–Trinajstić information content (AvgIpc) is 2.03. The summed E-state index contributed by atoms with van der Waals surface area (Å²) in [5, 5.41) is 11.1. The van der Waals surface area contributed by atoms with Gasteiger partial charge >= 0.3 is 0 Å². The topological polar surface area (TPSA) is 88.1 Å². The highest BCUT2D eigenvalue weighted by Gasteiger charge is 2.31. The van der Waals surface area contributed by atoms with E-state index in [4.69, 9.17) is 15.7 Å². The number of ether oxygens (including phenoxy) is 1. The molecule has 2 atom stereocenters. The molecule has 0 heterocycles. The molecule has 0 bridgehead atoms. The molecule has 0 radical (unpaired) electrons. The Morgan fingerprint density at radius 1 is 1.83 bits per heavy atom. The van der Waals surface area contributed by atoms with Gasteiger partial charge in [0, 0.05) is 7.11 Å². The van der Waals surface area contributed by atoms with Crippen LogP contribution in [0.4, 0.5) is 0 Å². The molecular weight excluding hydrogens is 158 g/mol. The molecule has 0 aliphatic rings. The van der Waals surface area contributed by atoms with Gasteiger partial charge in [0.15, 0.2) is 5.72 Å². The Kier molecular flexibility index (Phi) is 3.67. The number of nitrogens with one attached hydrogen (secondary N) is 1. The Labute approximate surface area is 71.5 Å². The number of nitrogens with two attached hydrogens (primary N) is 1. The van der Waals surface area contributed by atoms with E-state index >= 15 is 0 Å². The van der Waals surface area contributed by atoms with E-state index in [0.29, 0.717) is 0 Å². The van der Waals surface area contributed by atoms with Crippen molar-refractivity contribution in [1.82, 2.24) is 5.32 Å². The van der Waals surface area contributed by atoms with Crippen LogP contribution in [0.3, 0.4) is 0 Å². The zero-order valence-corrected chi connectivity index (χ0v) is 7.42. The van der Waals surface area contributed by atoms with Crippen molar-refractivity contribution in [3.8, 4) is 6.07 Å². The number of methoxy groups -OCH3 is 1. The van der Waals surface area contributed by atoms with Crippen molar-refractivity contribution in [2.45, 2.75) is 25.6 Å². The maximum Gasteiger partial charge on any atom is 0.264 e. The van der Waals surface area contributed by atoms with E-state index in [1.165, 1.54) is 14.0 Å². The van der Waals surface area contributed by atoms with E-state index in [1.807, 2.05) is 6.07 Å². The second kappa shape index (κ2) is 4.04. The van der Waals surface area contributed by atoms with Gasteiger partial charge in [-0.1, -0.05) is 0 Å². The Morgan fingerprint density at radius 2 is 2.33 bits per heavy atom. The van der Waals surface area contributed by atoms with E-state index in [9.17, 15) is 4.79 Å². The molecule has 0 saturated carbocycles. The van der Waals surface area contributed by atoms with E-state index in [-0.39, 0.29) is 0 Å². The van der Waals surface area contributed by atoms with Crippen molar-refractivity contribution in [1.29, 1.82) is 5.26 Å². The van der Waals surface area contributed by atoms with E-state index in [2.05, 4.69) is 5.32 Å². The number of nitriles is 1. The minimum absolute atomic E-state index is 0.484. The first-order valence-electron chi connectivity index (χ1n) is 3.48. The average molecular weight is 171 g/mol. The van der Waals surface area contributed by atoms with Gasteiger partial charge in [0.05, 0.1) is 12.1 Å². The fraction of sp³-hybridized carbons (Fsp3) is 0.714. The lowest BCUT2D eigenvalue weighted by molar-refractivity contribution is -0.142. The van der Waals surface area contributed by atoms with Gasteiger partial charge in [-0.2, -0.15) is 5.26 Å². The zero-order chi connectivity index (χ0) is 9.78. The lowest BCUT2D eigenvalue weighted by atomic mass is 10.2. The molecule has 1 amide bonds. The molecule has 0 aliphatic carbocycles. The van der Waals surface area contributed by atoms with Crippen LogP contribution in [0.1, 0.15) is 13.8 Å². The van der Waals surface area contributed by atoms with E-state index in [0.717, 1.165) is 0 Å². The van der Waals surface area contributed by atoms with Crippen LogP contribution in [-0.4, -0.2) is 24.8 Å². The third kappa shape index (κ3) is 2.49. The number of primary amides is 1. The molecule has 0 fully saturated rings. The van der Waals surface area contributed by atoms with Crippen LogP contribution in [0.2, 0.25) is 0 Å². The molecule has 5 nitrogen and oxygen atoms in total. The van der Waals surface area contributed by atoms with Gasteiger partial charge in [0.1, 0.15) is 0 Å². The maximum absolute atomic E-state index is 10.8. The smallest absolute Gasteiger partial charge is 0.264 e. The Bertz CT molecular complexity index is 211. The highest BCUT2D eigenvalue weighted by molar-refractivity contribution is 5.82. The Balaban J connectivity index is 4.36. The van der Waals surface area contributed by atoms with Crippen molar-refractivity contribution in [2.24, 2.45) is 5.73 Å². The third-order valence-corrected chi connectivity index (χ3v) is 1.56. The molecule has 5 heteroatoms. The molecule has 0 saturated heterocycles. The molecule has 0 aromatic heterocycles. The van der Waals surface area contributed by atoms with Gasteiger partial charge in [-0.25, -0.2) is 0 Å². The molecule has 0 aromatic carbocycles. The molecule has 0 aliphatic heterocycles. The maximum atomic E-state index is 10.8. The summed E-state index contributed by atoms with van der Waals surface area (Å²) in [5.41, 5.74) is 3.78. The summed E-state index contributed by atoms with van der Waals surface area (Å²) >= 11 is 0. The third-order valence-electron chi connectivity index (χ3n) is 1.56. The molecule has 0 spiro atoms. The van der Waals surface area contributed by atoms with Gasteiger partial charge in [-0.05, 0) is 13.8 Å². The fourth-order valence-electron chi connectivity index (χ4n) is 0.676. The summed E-state index contributed by atoms with van der Waals surface area (Å²) in [7, 11) is 1.35. The molecule has 0 aromatic rings. The van der Waals surface area contributed by atoms with Crippen LogP contribution in [0.25, 0.3) is 0 Å². The largest absolute Gasteiger partial charge is 0.366 e. The summed E-state index contributed by atoms with van der Waals surface area (Å²) in [4.78, 5) is 10.8. The highest BCUT2D eigenvalue weighted by atomic mass is 16.5. The first kappa shape index (κ1) is 10.9. The van der Waals surface area contributed by atoms with E-state index in [1.54, 1.807) is 6.92 Å². The first-order valence-corrected chi connectivity index (χ1v) is 3.48. The number of rotatable bonds is 4. The summed E-state index contributed by atoms with van der Waals surface area (Å²) in [6, 6.07) is 1.43. The highest BCUT2D eigenvalue weighted by Crippen LogP contribution is 2.04. The fourth-order valence-corrected chi connectivity index (χ4v) is 0.676. The lowest BCUT2D eigenvalue weighted by Crippen LogP contribution is -2.57. The molecule has 12 heavy (non-hydrogen) atoms. The van der Waals surface area contributed by atoms with Gasteiger partial charge in [0.2, 0.25) is 0 Å². The molecule has 3 N–H and O–H groups in total. The second-order valence-electron chi connectivity index (χ2n) is 2.60. The van der Waals surface area contributed by atoms with Gasteiger partial charge in [0.25, 0.3) is 5.91 Å². The normalized spacial score (nSPS) is 17.5. The zero-order valence-electron chi connectivity index (χ0n) is 7.42. The number of carbonyl (C=O) groups excluding carboxylic acids is 1. The van der Waals surface area contributed by atoms with Crippen molar-refractivity contribution in [3.05, 3.63) is 0 Å². The van der Waals surface area contributed by atoms with Gasteiger partial charge in [-0.3, -0.25) is 10.1 Å². The first-order chi connectivity index (χ1) is 5.46. The summed E-state index contributed by atoms with van der Waals surface area (Å²) < 4.78 is 4.83. The molecule has 0 rings (SSSR count). The van der Waals surface area contributed by atoms with Crippen LogP contribution in [0.5, 0.6) is 0 Å². The predicted octanol–water partition coefficient (Wildman–Crippen LogP) is -0.664. The molecule has 68 valence electrons. The minimum atomic E-state index is -1.27. The summed E-state index contributed by atoms with van der Waals surface area (Å²) in [6.07, 6.45) is 0. The van der Waals surface area contributed by atoms with Crippen molar-refractivity contribution in [2.75, 3.05) is 7.11 Å². The Morgan fingerprint density at radius 3 is 2.58 bits per heavy atom. The molecular formula is C7H13N3O2. The van der Waals surface area contributed by atoms with Crippen LogP contribution in [0, 0.1) is 11.3 Å². The van der Waals surface area contributed by atoms with Crippen LogP contribution >= 0.6 is 0 Å². The predicted molar refractivity (Wildman–Crippen MR) is 42.8 cm³/mol. The number of nitrogens with zero attached hydrogens (tertiary/aromatic N) is 1. The molecule has 2 unspecified atom stereocenters. The second-order valence-corrected chi connectivity index (χ2v) is 2.60. The van der Waals surface area contributed by atoms with Crippen molar-refractivity contribution < 1.29 is 9.53 Å². The number of hydrogen-bond donors (Lipinski definition) is 2. The monoisotopic (exact) mass is 171 g/mol. The lowest BCUT2D eigenvalue weighted by Gasteiger charge is -2.26. The number of carbonyl (C=O) groups is 1. The number of hydrogen-bond acceptors (Lipinski definition) is 4. The summed E-state index contributed by atoms with van der Waals surface area (Å²) in [5.74, 6) is -0.646. The Hall–Kier alpha value is -1.12. The quantitative estimate of drug-likeness (QED) is 0.549. The van der Waals surface area contributed by atoms with Crippen LogP contribution < -0.4 is 11.1 Å².